The predicted octanol–water partition coefficient (Wildman–Crippen LogP) is 1.51. The molecule has 0 atom stereocenters. The van der Waals surface area contributed by atoms with Gasteiger partial charge in [0.05, 0.1) is 6.61 Å². The Hall–Kier alpha value is -1.79. The molecule has 2 N–H and O–H groups in total. The summed E-state index contributed by atoms with van der Waals surface area (Å²) in [7, 11) is 2.13. The van der Waals surface area contributed by atoms with E-state index in [9.17, 15) is 4.79 Å². The second-order valence-electron chi connectivity index (χ2n) is 4.83. The number of carbonyl (C=O) groups is 1. The number of nitrogens with zero attached hydrogens (tertiary/aromatic N) is 2. The largest absolute Gasteiger partial charge is 0.369 e. The van der Waals surface area contributed by atoms with E-state index < -0.39 is 0 Å². The fourth-order valence-corrected chi connectivity index (χ4v) is 2.14. The first-order valence-electron chi connectivity index (χ1n) is 6.91. The third-order valence-corrected chi connectivity index (χ3v) is 3.28. The van der Waals surface area contributed by atoms with Crippen molar-refractivity contribution in [3.8, 4) is 0 Å². The van der Waals surface area contributed by atoms with E-state index in [1.807, 2.05) is 25.1 Å². The summed E-state index contributed by atoms with van der Waals surface area (Å²) >= 11 is 0. The van der Waals surface area contributed by atoms with Crippen molar-refractivity contribution in [3.63, 3.8) is 0 Å². The van der Waals surface area contributed by atoms with Crippen LogP contribution in [0.5, 0.6) is 0 Å². The molecule has 0 aliphatic carbocycles. The van der Waals surface area contributed by atoms with Gasteiger partial charge in [0, 0.05) is 37.6 Å². The number of urea groups is 1. The molecule has 2 amide bonds. The summed E-state index contributed by atoms with van der Waals surface area (Å²) in [5, 5.41) is 2.75. The summed E-state index contributed by atoms with van der Waals surface area (Å²) in [4.78, 5) is 21.0. The van der Waals surface area contributed by atoms with Crippen LogP contribution in [0.1, 0.15) is 6.92 Å². The zero-order valence-electron chi connectivity index (χ0n) is 12.1. The molecule has 1 heterocycles. The number of anilines is 2. The zero-order chi connectivity index (χ0) is 14.4. The SMILES string of the molecule is CCONC(=O)Nc1cccc(N2CCN(C)CC2)c1. The minimum atomic E-state index is -0.359. The van der Waals surface area contributed by atoms with Crippen LogP contribution in [0.3, 0.4) is 0 Å². The number of likely N-dealkylation sites (N-methyl/N-ethyl adjacent to an activating group) is 1. The Kier molecular flexibility index (Phi) is 5.20. The van der Waals surface area contributed by atoms with Gasteiger partial charge >= 0.3 is 6.03 Å². The number of hydroxylamine groups is 1. The highest BCUT2D eigenvalue weighted by Gasteiger charge is 2.14. The summed E-state index contributed by atoms with van der Waals surface area (Å²) in [6.07, 6.45) is 0. The number of hydrogen-bond donors (Lipinski definition) is 2. The lowest BCUT2D eigenvalue weighted by molar-refractivity contribution is 0.0758. The van der Waals surface area contributed by atoms with Crippen LogP contribution in [0, 0.1) is 0 Å². The number of nitrogens with one attached hydrogen (secondary N) is 2. The molecular weight excluding hydrogens is 256 g/mol. The van der Waals surface area contributed by atoms with Crippen molar-refractivity contribution >= 4 is 17.4 Å². The van der Waals surface area contributed by atoms with E-state index in [1.165, 1.54) is 0 Å². The molecule has 1 saturated heterocycles. The van der Waals surface area contributed by atoms with Gasteiger partial charge in [-0.2, -0.15) is 0 Å². The second-order valence-corrected chi connectivity index (χ2v) is 4.83. The Bertz CT molecular complexity index is 445. The minimum absolute atomic E-state index is 0.359. The van der Waals surface area contributed by atoms with Crippen molar-refractivity contribution < 1.29 is 9.63 Å². The molecule has 0 unspecified atom stereocenters. The molecule has 1 aromatic carbocycles. The monoisotopic (exact) mass is 278 g/mol. The van der Waals surface area contributed by atoms with E-state index in [4.69, 9.17) is 4.84 Å². The average molecular weight is 278 g/mol. The highest BCUT2D eigenvalue weighted by molar-refractivity contribution is 5.89. The van der Waals surface area contributed by atoms with Crippen molar-refractivity contribution in [1.82, 2.24) is 10.4 Å². The molecule has 0 aromatic heterocycles. The molecule has 20 heavy (non-hydrogen) atoms. The van der Waals surface area contributed by atoms with E-state index in [0.29, 0.717) is 6.61 Å². The van der Waals surface area contributed by atoms with Gasteiger partial charge in [-0.15, -0.1) is 0 Å². The smallest absolute Gasteiger partial charge is 0.343 e. The summed E-state index contributed by atoms with van der Waals surface area (Å²) in [5.41, 5.74) is 4.21. The lowest BCUT2D eigenvalue weighted by Crippen LogP contribution is -2.44. The quantitative estimate of drug-likeness (QED) is 0.820. The molecule has 1 fully saturated rings. The van der Waals surface area contributed by atoms with Crippen LogP contribution < -0.4 is 15.7 Å². The van der Waals surface area contributed by atoms with E-state index in [1.54, 1.807) is 0 Å². The van der Waals surface area contributed by atoms with Gasteiger partial charge in [0.25, 0.3) is 0 Å². The fraction of sp³-hybridized carbons (Fsp3) is 0.500. The molecule has 0 spiro atoms. The van der Waals surface area contributed by atoms with Crippen LogP contribution in [0.4, 0.5) is 16.2 Å². The van der Waals surface area contributed by atoms with Crippen LogP contribution >= 0.6 is 0 Å². The van der Waals surface area contributed by atoms with Crippen molar-refractivity contribution in [3.05, 3.63) is 24.3 Å². The molecule has 6 nitrogen and oxygen atoms in total. The van der Waals surface area contributed by atoms with Gasteiger partial charge in [0.2, 0.25) is 0 Å². The normalized spacial score (nSPS) is 16.0. The van der Waals surface area contributed by atoms with Crippen LogP contribution in [0.2, 0.25) is 0 Å². The molecule has 1 aliphatic heterocycles. The molecule has 0 saturated carbocycles. The predicted molar refractivity (Wildman–Crippen MR) is 79.9 cm³/mol. The molecule has 110 valence electrons. The van der Waals surface area contributed by atoms with Crippen LogP contribution in [-0.2, 0) is 4.84 Å². The Balaban J connectivity index is 1.95. The first-order valence-corrected chi connectivity index (χ1v) is 6.91. The van der Waals surface area contributed by atoms with Gasteiger partial charge in [0.1, 0.15) is 0 Å². The van der Waals surface area contributed by atoms with Crippen molar-refractivity contribution in [2.24, 2.45) is 0 Å². The van der Waals surface area contributed by atoms with Crippen molar-refractivity contribution in [2.75, 3.05) is 50.1 Å². The van der Waals surface area contributed by atoms with E-state index in [0.717, 1.165) is 37.6 Å². The zero-order valence-corrected chi connectivity index (χ0v) is 12.1. The van der Waals surface area contributed by atoms with Crippen LogP contribution in [-0.4, -0.2) is 50.8 Å². The number of benzene rings is 1. The Labute approximate surface area is 119 Å². The fourth-order valence-electron chi connectivity index (χ4n) is 2.14. The molecule has 6 heteroatoms. The standard InChI is InChI=1S/C14H22N4O2/c1-3-20-16-14(19)15-12-5-4-6-13(11-12)18-9-7-17(2)8-10-18/h4-6,11H,3,7-10H2,1-2H3,(H2,15,16,19). The number of amides is 2. The maximum atomic E-state index is 11.5. The lowest BCUT2D eigenvalue weighted by Gasteiger charge is -2.34. The first-order chi connectivity index (χ1) is 9.69. The molecule has 0 radical (unpaired) electrons. The van der Waals surface area contributed by atoms with Gasteiger partial charge < -0.3 is 15.1 Å². The summed E-state index contributed by atoms with van der Waals surface area (Å²) in [6.45, 7) is 6.38. The highest BCUT2D eigenvalue weighted by atomic mass is 16.7. The molecule has 0 bridgehead atoms. The Morgan fingerprint density at radius 2 is 2.05 bits per heavy atom. The number of carbonyl (C=O) groups excluding carboxylic acids is 1. The van der Waals surface area contributed by atoms with Crippen molar-refractivity contribution in [1.29, 1.82) is 0 Å². The minimum Gasteiger partial charge on any atom is -0.369 e. The number of rotatable bonds is 4. The van der Waals surface area contributed by atoms with Crippen LogP contribution in [0.25, 0.3) is 0 Å². The lowest BCUT2D eigenvalue weighted by atomic mass is 10.2. The van der Waals surface area contributed by atoms with Gasteiger partial charge in [-0.3, -0.25) is 4.84 Å². The molecule has 2 rings (SSSR count). The van der Waals surface area contributed by atoms with E-state index in [2.05, 4.69) is 33.7 Å². The highest BCUT2D eigenvalue weighted by Crippen LogP contribution is 2.20. The van der Waals surface area contributed by atoms with Gasteiger partial charge in [-0.05, 0) is 32.2 Å². The Morgan fingerprint density at radius 3 is 2.75 bits per heavy atom. The molecule has 1 aliphatic rings. The molecule has 1 aromatic rings. The Morgan fingerprint density at radius 1 is 1.30 bits per heavy atom. The number of hydrogen-bond acceptors (Lipinski definition) is 4. The second kappa shape index (κ2) is 7.12. The van der Waals surface area contributed by atoms with Gasteiger partial charge in [-0.1, -0.05) is 6.07 Å². The third-order valence-electron chi connectivity index (χ3n) is 3.28. The topological polar surface area (TPSA) is 56.8 Å². The molecular formula is C14H22N4O2. The summed E-state index contributed by atoms with van der Waals surface area (Å²) in [6, 6.07) is 7.51. The van der Waals surface area contributed by atoms with E-state index >= 15 is 0 Å². The summed E-state index contributed by atoms with van der Waals surface area (Å²) < 4.78 is 0. The average Bonchev–Trinajstić information content (AvgIpc) is 2.46. The maximum Gasteiger partial charge on any atom is 0.343 e. The van der Waals surface area contributed by atoms with Crippen molar-refractivity contribution in [2.45, 2.75) is 6.92 Å². The first kappa shape index (κ1) is 14.6. The third kappa shape index (κ3) is 4.11. The van der Waals surface area contributed by atoms with Gasteiger partial charge in [-0.25, -0.2) is 10.3 Å². The van der Waals surface area contributed by atoms with Crippen LogP contribution in [0.15, 0.2) is 24.3 Å². The maximum absolute atomic E-state index is 11.5. The summed E-state index contributed by atoms with van der Waals surface area (Å²) in [5.74, 6) is 0. The number of piperazine rings is 1. The van der Waals surface area contributed by atoms with E-state index in [-0.39, 0.29) is 6.03 Å². The van der Waals surface area contributed by atoms with Gasteiger partial charge in [0.15, 0.2) is 0 Å².